The summed E-state index contributed by atoms with van der Waals surface area (Å²) in [5, 5.41) is 0. The van der Waals surface area contributed by atoms with Crippen molar-refractivity contribution in [2.24, 2.45) is 5.92 Å². The zero-order valence-corrected chi connectivity index (χ0v) is 18.3. The van der Waals surface area contributed by atoms with Gasteiger partial charge in [-0.25, -0.2) is 0 Å². The highest BCUT2D eigenvalue weighted by atomic mass is 32.2. The van der Waals surface area contributed by atoms with Crippen molar-refractivity contribution in [1.82, 2.24) is 9.47 Å². The van der Waals surface area contributed by atoms with Crippen LogP contribution in [0.3, 0.4) is 0 Å². The Kier molecular flexibility index (Phi) is 5.83. The van der Waals surface area contributed by atoms with Gasteiger partial charge in [-0.1, -0.05) is 24.3 Å². The van der Waals surface area contributed by atoms with E-state index in [-0.39, 0.29) is 17.4 Å². The molecule has 1 saturated heterocycles. The van der Waals surface area contributed by atoms with Crippen LogP contribution in [0.1, 0.15) is 23.6 Å². The molecule has 1 amide bonds. The standard InChI is InChI=1S/C23H29N3O2S/c1-24(2)13-17-6-4-5-7-19(17)20-8-9-21-18-10-16(12-26(21)23(20)28)11-25(14-18)22(27)15-29-3/h4-9,16,18H,10-15H2,1-3H3/p+1/t16-,18+/m0/s1. The molecule has 3 heterocycles. The molecule has 0 aliphatic carbocycles. The Labute approximate surface area is 176 Å². The first-order valence-electron chi connectivity index (χ1n) is 10.4. The molecule has 1 aromatic heterocycles. The van der Waals surface area contributed by atoms with Gasteiger partial charge in [0.15, 0.2) is 0 Å². The van der Waals surface area contributed by atoms with E-state index in [1.54, 1.807) is 11.8 Å². The SMILES string of the molecule is CSCC(=O)N1C[C@@H]2C[C@H](C1)c1ccc(-c3ccccc3C[NH+](C)C)c(=O)n1C2. The maximum absolute atomic E-state index is 13.5. The largest absolute Gasteiger partial charge is 0.341 e. The molecule has 0 unspecified atom stereocenters. The highest BCUT2D eigenvalue weighted by Crippen LogP contribution is 2.36. The molecule has 2 aliphatic rings. The minimum atomic E-state index is 0.113. The van der Waals surface area contributed by atoms with Gasteiger partial charge >= 0.3 is 0 Å². The summed E-state index contributed by atoms with van der Waals surface area (Å²) in [4.78, 5) is 29.2. The molecule has 6 heteroatoms. The third-order valence-electron chi connectivity index (χ3n) is 6.08. The van der Waals surface area contributed by atoms with Crippen LogP contribution in [0.5, 0.6) is 0 Å². The van der Waals surface area contributed by atoms with Crippen molar-refractivity contribution in [3.05, 3.63) is 58.0 Å². The number of rotatable bonds is 5. The molecular weight excluding hydrogens is 382 g/mol. The lowest BCUT2D eigenvalue weighted by atomic mass is 9.82. The second-order valence-corrected chi connectivity index (χ2v) is 9.53. The summed E-state index contributed by atoms with van der Waals surface area (Å²) in [5.74, 6) is 1.38. The van der Waals surface area contributed by atoms with Crippen molar-refractivity contribution in [3.8, 4) is 11.1 Å². The molecule has 1 aromatic carbocycles. The molecule has 2 atom stereocenters. The lowest BCUT2D eigenvalue weighted by Crippen LogP contribution is -3.04. The van der Waals surface area contributed by atoms with E-state index in [0.29, 0.717) is 18.2 Å². The number of nitrogens with one attached hydrogen (secondary N) is 1. The first-order chi connectivity index (χ1) is 14.0. The van der Waals surface area contributed by atoms with Gasteiger partial charge in [0.2, 0.25) is 5.91 Å². The van der Waals surface area contributed by atoms with Crippen molar-refractivity contribution in [2.75, 3.05) is 39.2 Å². The van der Waals surface area contributed by atoms with E-state index in [0.717, 1.165) is 42.9 Å². The smallest absolute Gasteiger partial charge is 0.258 e. The van der Waals surface area contributed by atoms with Crippen LogP contribution >= 0.6 is 11.8 Å². The van der Waals surface area contributed by atoms with Crippen molar-refractivity contribution in [3.63, 3.8) is 0 Å². The van der Waals surface area contributed by atoms with Gasteiger partial charge in [-0.2, -0.15) is 11.8 Å². The number of quaternary nitrogens is 1. The normalized spacial score (nSPS) is 20.6. The number of hydrogen-bond acceptors (Lipinski definition) is 3. The molecule has 1 N–H and O–H groups in total. The molecule has 0 radical (unpaired) electrons. The summed E-state index contributed by atoms with van der Waals surface area (Å²) in [6.45, 7) is 3.10. The van der Waals surface area contributed by atoms with Crippen molar-refractivity contribution in [2.45, 2.75) is 25.4 Å². The van der Waals surface area contributed by atoms with Crippen LogP contribution in [0, 0.1) is 5.92 Å². The molecule has 1 fully saturated rings. The average Bonchev–Trinajstić information content (AvgIpc) is 2.69. The van der Waals surface area contributed by atoms with E-state index in [2.05, 4.69) is 32.3 Å². The number of carbonyl (C=O) groups is 1. The number of hydrogen-bond donors (Lipinski definition) is 1. The molecular formula is C23H30N3O2S+. The van der Waals surface area contributed by atoms with E-state index in [9.17, 15) is 9.59 Å². The Morgan fingerprint density at radius 2 is 1.90 bits per heavy atom. The third-order valence-corrected chi connectivity index (χ3v) is 6.61. The Balaban J connectivity index is 1.69. The van der Waals surface area contributed by atoms with Gasteiger partial charge in [-0.05, 0) is 36.3 Å². The Morgan fingerprint density at radius 3 is 2.66 bits per heavy atom. The monoisotopic (exact) mass is 412 g/mol. The zero-order chi connectivity index (χ0) is 20.5. The number of benzene rings is 1. The number of fused-ring (bicyclic) bond motifs is 4. The number of piperidine rings is 1. The molecule has 29 heavy (non-hydrogen) atoms. The zero-order valence-electron chi connectivity index (χ0n) is 17.5. The molecule has 2 bridgehead atoms. The predicted octanol–water partition coefficient (Wildman–Crippen LogP) is 1.47. The van der Waals surface area contributed by atoms with Crippen LogP contribution in [-0.4, -0.2) is 54.6 Å². The van der Waals surface area contributed by atoms with Gasteiger partial charge in [0, 0.05) is 42.4 Å². The van der Waals surface area contributed by atoms with Crippen LogP contribution in [0.4, 0.5) is 0 Å². The average molecular weight is 413 g/mol. The molecule has 5 nitrogen and oxygen atoms in total. The van der Waals surface area contributed by atoms with Gasteiger partial charge < -0.3 is 14.4 Å². The molecule has 0 spiro atoms. The number of pyridine rings is 1. The number of nitrogens with zero attached hydrogens (tertiary/aromatic N) is 2. The highest BCUT2D eigenvalue weighted by Gasteiger charge is 2.36. The van der Waals surface area contributed by atoms with Crippen LogP contribution in [-0.2, 0) is 17.9 Å². The summed E-state index contributed by atoms with van der Waals surface area (Å²) in [6.07, 6.45) is 3.04. The fraction of sp³-hybridized carbons (Fsp3) is 0.478. The molecule has 2 aromatic rings. The summed E-state index contributed by atoms with van der Waals surface area (Å²) in [7, 11) is 4.25. The minimum Gasteiger partial charge on any atom is -0.341 e. The van der Waals surface area contributed by atoms with Crippen molar-refractivity contribution < 1.29 is 9.69 Å². The number of amides is 1. The summed E-state index contributed by atoms with van der Waals surface area (Å²) < 4.78 is 1.99. The fourth-order valence-electron chi connectivity index (χ4n) is 4.89. The Morgan fingerprint density at radius 1 is 1.10 bits per heavy atom. The van der Waals surface area contributed by atoms with E-state index < -0.39 is 0 Å². The van der Waals surface area contributed by atoms with Gasteiger partial charge in [-0.15, -0.1) is 0 Å². The lowest BCUT2D eigenvalue weighted by Gasteiger charge is -2.43. The fourth-order valence-corrected chi connectivity index (χ4v) is 5.32. The molecule has 0 saturated carbocycles. The predicted molar refractivity (Wildman–Crippen MR) is 118 cm³/mol. The summed E-state index contributed by atoms with van der Waals surface area (Å²) in [5.41, 5.74) is 4.24. The van der Waals surface area contributed by atoms with Gasteiger partial charge in [-0.3, -0.25) is 9.59 Å². The highest BCUT2D eigenvalue weighted by molar-refractivity contribution is 7.99. The topological polar surface area (TPSA) is 46.8 Å². The first kappa shape index (κ1) is 20.2. The second kappa shape index (κ2) is 8.36. The Hall–Kier alpha value is -2.05. The first-order valence-corrected chi connectivity index (χ1v) is 11.7. The molecule has 4 rings (SSSR count). The lowest BCUT2D eigenvalue weighted by molar-refractivity contribution is -0.872. The second-order valence-electron chi connectivity index (χ2n) is 8.66. The minimum absolute atomic E-state index is 0.113. The van der Waals surface area contributed by atoms with Crippen LogP contribution in [0.2, 0.25) is 0 Å². The van der Waals surface area contributed by atoms with E-state index in [4.69, 9.17) is 0 Å². The number of aromatic nitrogens is 1. The third kappa shape index (κ3) is 4.01. The van der Waals surface area contributed by atoms with Crippen LogP contribution in [0.15, 0.2) is 41.2 Å². The van der Waals surface area contributed by atoms with E-state index >= 15 is 0 Å². The van der Waals surface area contributed by atoms with E-state index in [1.165, 1.54) is 10.5 Å². The van der Waals surface area contributed by atoms with Gasteiger partial charge in [0.05, 0.1) is 19.8 Å². The quantitative estimate of drug-likeness (QED) is 0.809. The molecule has 154 valence electrons. The summed E-state index contributed by atoms with van der Waals surface area (Å²) in [6, 6.07) is 12.4. The molecule has 2 aliphatic heterocycles. The number of thioether (sulfide) groups is 1. The van der Waals surface area contributed by atoms with Crippen LogP contribution in [0.25, 0.3) is 11.1 Å². The maximum atomic E-state index is 13.5. The van der Waals surface area contributed by atoms with Gasteiger partial charge in [0.1, 0.15) is 6.54 Å². The van der Waals surface area contributed by atoms with Crippen LogP contribution < -0.4 is 10.5 Å². The maximum Gasteiger partial charge on any atom is 0.258 e. The summed E-state index contributed by atoms with van der Waals surface area (Å²) >= 11 is 1.58. The van der Waals surface area contributed by atoms with Gasteiger partial charge in [0.25, 0.3) is 5.56 Å². The number of carbonyl (C=O) groups excluding carboxylic acids is 1. The number of likely N-dealkylation sites (tertiary alicyclic amines) is 1. The van der Waals surface area contributed by atoms with Crippen molar-refractivity contribution >= 4 is 17.7 Å². The van der Waals surface area contributed by atoms with Crippen molar-refractivity contribution in [1.29, 1.82) is 0 Å². The van der Waals surface area contributed by atoms with E-state index in [1.807, 2.05) is 33.9 Å². The Bertz CT molecular complexity index is 969.